The normalized spacial score (nSPS) is 16.2. The summed E-state index contributed by atoms with van der Waals surface area (Å²) in [6, 6.07) is 16.4. The number of ether oxygens (including phenoxy) is 1. The molecule has 2 aromatic rings. The highest BCUT2D eigenvalue weighted by atomic mass is 16.5. The molecule has 0 saturated heterocycles. The highest BCUT2D eigenvalue weighted by molar-refractivity contribution is 5.91. The van der Waals surface area contributed by atoms with E-state index in [0.29, 0.717) is 22.6 Å². The average molecular weight is 463 g/mol. The largest absolute Gasteiger partial charge is 0.423 e. The van der Waals surface area contributed by atoms with Gasteiger partial charge in [0.25, 0.3) is 0 Å². The first kappa shape index (κ1) is 26.5. The number of hydrogen-bond acceptors (Lipinski definition) is 2. The lowest BCUT2D eigenvalue weighted by Gasteiger charge is -2.38. The molecule has 0 heterocycles. The predicted molar refractivity (Wildman–Crippen MR) is 144 cm³/mol. The summed E-state index contributed by atoms with van der Waals surface area (Å²) in [5, 5.41) is 0. The lowest BCUT2D eigenvalue weighted by molar-refractivity contribution is 0.0734. The molecule has 1 fully saturated rings. The summed E-state index contributed by atoms with van der Waals surface area (Å²) in [6.45, 7) is 6.73. The van der Waals surface area contributed by atoms with Gasteiger partial charge in [-0.1, -0.05) is 109 Å². The van der Waals surface area contributed by atoms with Crippen LogP contribution in [0.4, 0.5) is 0 Å². The van der Waals surface area contributed by atoms with Crippen LogP contribution in [0.1, 0.15) is 138 Å². The second-order valence-electron chi connectivity index (χ2n) is 10.6. The Bertz CT molecular complexity index is 844. The van der Waals surface area contributed by atoms with Gasteiger partial charge in [0, 0.05) is 0 Å². The number of benzene rings is 2. The van der Waals surface area contributed by atoms with Gasteiger partial charge < -0.3 is 4.74 Å². The summed E-state index contributed by atoms with van der Waals surface area (Å²) in [5.41, 5.74) is 3.65. The predicted octanol–water partition coefficient (Wildman–Crippen LogP) is 9.76. The van der Waals surface area contributed by atoms with Gasteiger partial charge in [-0.25, -0.2) is 4.79 Å². The van der Waals surface area contributed by atoms with Crippen LogP contribution in [0.3, 0.4) is 0 Å². The van der Waals surface area contributed by atoms with Crippen molar-refractivity contribution in [3.05, 3.63) is 65.2 Å². The zero-order valence-corrected chi connectivity index (χ0v) is 21.9. The maximum atomic E-state index is 12.7. The fraction of sp³-hybridized carbons (Fsp3) is 0.594. The van der Waals surface area contributed by atoms with E-state index in [4.69, 9.17) is 4.74 Å². The van der Waals surface area contributed by atoms with Gasteiger partial charge in [-0.2, -0.15) is 0 Å². The van der Waals surface area contributed by atoms with Crippen LogP contribution in [-0.2, 0) is 5.41 Å². The molecule has 2 heteroatoms. The fourth-order valence-corrected chi connectivity index (χ4v) is 5.75. The van der Waals surface area contributed by atoms with E-state index in [0.717, 1.165) is 6.42 Å². The number of hydrogen-bond donors (Lipinski definition) is 0. The van der Waals surface area contributed by atoms with Gasteiger partial charge in [-0.3, -0.25) is 0 Å². The molecule has 1 unspecified atom stereocenters. The van der Waals surface area contributed by atoms with Gasteiger partial charge in [-0.15, -0.1) is 0 Å². The number of esters is 1. The standard InChI is InChI=1S/C32H46O2/c1-4-6-7-8-9-11-23-32(24-12-10-13-25-32)29-19-21-30(22-20-29)34-31(33)28-17-15-27(16-18-28)26(3)14-5-2/h15-22,26H,4-14,23-25H2,1-3H3. The molecule has 1 aliphatic carbocycles. The molecule has 0 aliphatic heterocycles. The quantitative estimate of drug-likeness (QED) is 0.168. The molecule has 0 amide bonds. The average Bonchev–Trinajstić information content (AvgIpc) is 2.87. The molecule has 0 bridgehead atoms. The molecule has 186 valence electrons. The van der Waals surface area contributed by atoms with E-state index in [1.165, 1.54) is 94.6 Å². The first-order valence-electron chi connectivity index (χ1n) is 14.0. The minimum Gasteiger partial charge on any atom is -0.423 e. The molecule has 34 heavy (non-hydrogen) atoms. The van der Waals surface area contributed by atoms with Crippen molar-refractivity contribution >= 4 is 5.97 Å². The van der Waals surface area contributed by atoms with Crippen LogP contribution < -0.4 is 4.74 Å². The van der Waals surface area contributed by atoms with Crippen molar-refractivity contribution in [2.75, 3.05) is 0 Å². The van der Waals surface area contributed by atoms with Crippen molar-refractivity contribution < 1.29 is 9.53 Å². The zero-order valence-electron chi connectivity index (χ0n) is 21.9. The van der Waals surface area contributed by atoms with Crippen LogP contribution in [-0.4, -0.2) is 5.97 Å². The molecule has 3 rings (SSSR count). The SMILES string of the molecule is CCCCCCCCC1(c2ccc(OC(=O)c3ccc(C(C)CCC)cc3)cc2)CCCCC1. The van der Waals surface area contributed by atoms with Crippen LogP contribution >= 0.6 is 0 Å². The van der Waals surface area contributed by atoms with E-state index in [9.17, 15) is 4.79 Å². The Morgan fingerprint density at radius 3 is 2.12 bits per heavy atom. The third-order valence-corrected chi connectivity index (χ3v) is 7.93. The summed E-state index contributed by atoms with van der Waals surface area (Å²) in [5.74, 6) is 0.885. The van der Waals surface area contributed by atoms with Gasteiger partial charge >= 0.3 is 5.97 Å². The fourth-order valence-electron chi connectivity index (χ4n) is 5.75. The molecular weight excluding hydrogens is 416 g/mol. The Labute approximate surface area is 208 Å². The highest BCUT2D eigenvalue weighted by Gasteiger charge is 2.33. The van der Waals surface area contributed by atoms with Crippen LogP contribution in [0.15, 0.2) is 48.5 Å². The minimum absolute atomic E-state index is 0.276. The van der Waals surface area contributed by atoms with Gasteiger partial charge in [0.05, 0.1) is 5.56 Å². The molecule has 1 saturated carbocycles. The van der Waals surface area contributed by atoms with Crippen molar-refractivity contribution in [3.8, 4) is 5.75 Å². The van der Waals surface area contributed by atoms with E-state index in [1.54, 1.807) is 0 Å². The summed E-state index contributed by atoms with van der Waals surface area (Å²) < 4.78 is 5.72. The van der Waals surface area contributed by atoms with Crippen LogP contribution in [0, 0.1) is 0 Å². The Morgan fingerprint density at radius 1 is 0.824 bits per heavy atom. The van der Waals surface area contributed by atoms with Gasteiger partial charge in [-0.05, 0) is 72.4 Å². The number of unbranched alkanes of at least 4 members (excludes halogenated alkanes) is 5. The summed E-state index contributed by atoms with van der Waals surface area (Å²) >= 11 is 0. The van der Waals surface area contributed by atoms with E-state index in [1.807, 2.05) is 24.3 Å². The lowest BCUT2D eigenvalue weighted by atomic mass is 9.66. The molecular formula is C32H46O2. The maximum absolute atomic E-state index is 12.7. The van der Waals surface area contributed by atoms with Crippen molar-refractivity contribution in [1.82, 2.24) is 0 Å². The maximum Gasteiger partial charge on any atom is 0.343 e. The van der Waals surface area contributed by atoms with Crippen LogP contribution in [0.25, 0.3) is 0 Å². The van der Waals surface area contributed by atoms with E-state index >= 15 is 0 Å². The summed E-state index contributed by atoms with van der Waals surface area (Å²) in [4.78, 5) is 12.7. The van der Waals surface area contributed by atoms with E-state index in [2.05, 4.69) is 45.0 Å². The molecule has 1 atom stereocenters. The highest BCUT2D eigenvalue weighted by Crippen LogP contribution is 2.44. The molecule has 1 aliphatic rings. The summed E-state index contributed by atoms with van der Waals surface area (Å²) in [7, 11) is 0. The van der Waals surface area contributed by atoms with Crippen molar-refractivity contribution in [2.45, 2.75) is 122 Å². The minimum atomic E-state index is -0.276. The second kappa shape index (κ2) is 13.7. The Hall–Kier alpha value is -2.09. The summed E-state index contributed by atoms with van der Waals surface area (Å²) in [6.07, 6.45) is 18.4. The third kappa shape index (κ3) is 7.45. The zero-order chi connectivity index (χ0) is 24.2. The van der Waals surface area contributed by atoms with Gasteiger partial charge in [0.2, 0.25) is 0 Å². The molecule has 0 spiro atoms. The van der Waals surface area contributed by atoms with Crippen molar-refractivity contribution in [2.24, 2.45) is 0 Å². The Morgan fingerprint density at radius 2 is 1.47 bits per heavy atom. The molecule has 2 nitrogen and oxygen atoms in total. The molecule has 0 radical (unpaired) electrons. The molecule has 0 N–H and O–H groups in total. The number of rotatable bonds is 13. The van der Waals surface area contributed by atoms with Gasteiger partial charge in [0.15, 0.2) is 0 Å². The Kier molecular flexibility index (Phi) is 10.7. The second-order valence-corrected chi connectivity index (χ2v) is 10.6. The van der Waals surface area contributed by atoms with Crippen LogP contribution in [0.5, 0.6) is 5.75 Å². The number of carbonyl (C=O) groups excluding carboxylic acids is 1. The Balaban J connectivity index is 1.60. The topological polar surface area (TPSA) is 26.3 Å². The number of carbonyl (C=O) groups is 1. The molecule has 2 aromatic carbocycles. The van der Waals surface area contributed by atoms with Crippen molar-refractivity contribution in [1.29, 1.82) is 0 Å². The molecule has 0 aromatic heterocycles. The monoisotopic (exact) mass is 462 g/mol. The van der Waals surface area contributed by atoms with Crippen molar-refractivity contribution in [3.63, 3.8) is 0 Å². The first-order chi connectivity index (χ1) is 16.6. The van der Waals surface area contributed by atoms with Gasteiger partial charge in [0.1, 0.15) is 5.75 Å². The van der Waals surface area contributed by atoms with E-state index < -0.39 is 0 Å². The lowest BCUT2D eigenvalue weighted by Crippen LogP contribution is -2.29. The first-order valence-corrected chi connectivity index (χ1v) is 14.0. The smallest absolute Gasteiger partial charge is 0.343 e. The third-order valence-electron chi connectivity index (χ3n) is 7.93. The van der Waals surface area contributed by atoms with E-state index in [-0.39, 0.29) is 5.97 Å². The van der Waals surface area contributed by atoms with Crippen LogP contribution in [0.2, 0.25) is 0 Å².